The zero-order chi connectivity index (χ0) is 15.1. The van der Waals surface area contributed by atoms with Gasteiger partial charge in [-0.3, -0.25) is 14.5 Å². The van der Waals surface area contributed by atoms with Crippen LogP contribution in [0.15, 0.2) is 24.3 Å². The monoisotopic (exact) mass is 299 g/mol. The maximum atomic E-state index is 12.5. The highest BCUT2D eigenvalue weighted by Crippen LogP contribution is 2.27. The molecule has 3 atom stereocenters. The molecule has 2 amide bonds. The van der Waals surface area contributed by atoms with Gasteiger partial charge in [0.1, 0.15) is 0 Å². The lowest BCUT2D eigenvalue weighted by Crippen LogP contribution is -3.18. The molecular formula is C18H23N2O2+. The van der Waals surface area contributed by atoms with Crippen molar-refractivity contribution in [2.75, 3.05) is 19.6 Å². The Morgan fingerprint density at radius 1 is 0.955 bits per heavy atom. The van der Waals surface area contributed by atoms with Crippen LogP contribution >= 0.6 is 0 Å². The number of hydrogen-bond donors (Lipinski definition) is 1. The number of nitrogens with one attached hydrogen (secondary N) is 1. The summed E-state index contributed by atoms with van der Waals surface area (Å²) in [5.41, 5.74) is 1.16. The SMILES string of the molecule is O=C1c2ccccc2C(=O)N1C[C@@H]1CCC[NH+]2CCCC[C@@H]12. The van der Waals surface area contributed by atoms with Gasteiger partial charge in [-0.2, -0.15) is 0 Å². The molecule has 1 N–H and O–H groups in total. The number of benzene rings is 1. The molecule has 1 unspecified atom stereocenters. The number of nitrogens with zero attached hydrogens (tertiary/aromatic N) is 1. The third-order valence-electron chi connectivity index (χ3n) is 5.72. The molecule has 22 heavy (non-hydrogen) atoms. The zero-order valence-electron chi connectivity index (χ0n) is 12.9. The largest absolute Gasteiger partial charge is 0.332 e. The summed E-state index contributed by atoms with van der Waals surface area (Å²) in [5, 5.41) is 0. The van der Waals surface area contributed by atoms with Gasteiger partial charge in [0.2, 0.25) is 0 Å². The van der Waals surface area contributed by atoms with E-state index in [0.717, 1.165) is 6.42 Å². The second-order valence-electron chi connectivity index (χ2n) is 6.93. The molecule has 2 saturated heterocycles. The number of rotatable bonds is 2. The number of carbonyl (C=O) groups is 2. The number of hydrogen-bond acceptors (Lipinski definition) is 2. The van der Waals surface area contributed by atoms with E-state index in [2.05, 4.69) is 0 Å². The molecule has 3 aliphatic rings. The van der Waals surface area contributed by atoms with Gasteiger partial charge in [0, 0.05) is 12.5 Å². The van der Waals surface area contributed by atoms with Crippen molar-refractivity contribution in [1.29, 1.82) is 0 Å². The van der Waals surface area contributed by atoms with Crippen LogP contribution in [0.4, 0.5) is 0 Å². The van der Waals surface area contributed by atoms with Crippen LogP contribution in [0.2, 0.25) is 0 Å². The maximum Gasteiger partial charge on any atom is 0.261 e. The Morgan fingerprint density at radius 2 is 1.64 bits per heavy atom. The number of quaternary nitrogens is 1. The molecule has 0 spiro atoms. The van der Waals surface area contributed by atoms with Gasteiger partial charge in [-0.25, -0.2) is 0 Å². The van der Waals surface area contributed by atoms with E-state index in [9.17, 15) is 9.59 Å². The first-order chi connectivity index (χ1) is 10.8. The third kappa shape index (κ3) is 2.17. The van der Waals surface area contributed by atoms with E-state index in [1.54, 1.807) is 17.0 Å². The summed E-state index contributed by atoms with van der Waals surface area (Å²) in [6.07, 6.45) is 6.25. The van der Waals surface area contributed by atoms with Crippen molar-refractivity contribution in [2.24, 2.45) is 5.92 Å². The van der Waals surface area contributed by atoms with Crippen molar-refractivity contribution < 1.29 is 14.5 Å². The molecule has 4 rings (SSSR count). The molecule has 1 aromatic carbocycles. The molecule has 1 aromatic rings. The minimum Gasteiger partial charge on any atom is -0.332 e. The fraction of sp³-hybridized carbons (Fsp3) is 0.556. The van der Waals surface area contributed by atoms with Crippen LogP contribution in [-0.2, 0) is 0 Å². The summed E-state index contributed by atoms with van der Waals surface area (Å²) >= 11 is 0. The van der Waals surface area contributed by atoms with Crippen LogP contribution in [0.25, 0.3) is 0 Å². The smallest absolute Gasteiger partial charge is 0.261 e. The van der Waals surface area contributed by atoms with Crippen LogP contribution in [0.5, 0.6) is 0 Å². The fourth-order valence-corrected chi connectivity index (χ4v) is 4.64. The summed E-state index contributed by atoms with van der Waals surface area (Å²) in [4.78, 5) is 28.3. The van der Waals surface area contributed by atoms with Crippen molar-refractivity contribution in [1.82, 2.24) is 4.90 Å². The number of amides is 2. The second-order valence-corrected chi connectivity index (χ2v) is 6.93. The van der Waals surface area contributed by atoms with Crippen LogP contribution in [0.1, 0.15) is 52.8 Å². The van der Waals surface area contributed by atoms with E-state index in [4.69, 9.17) is 0 Å². The molecule has 3 aliphatic heterocycles. The Morgan fingerprint density at radius 3 is 2.36 bits per heavy atom. The highest BCUT2D eigenvalue weighted by atomic mass is 16.2. The molecule has 0 aromatic heterocycles. The topological polar surface area (TPSA) is 41.8 Å². The predicted molar refractivity (Wildman–Crippen MR) is 82.9 cm³/mol. The van der Waals surface area contributed by atoms with Gasteiger partial charge < -0.3 is 4.90 Å². The lowest BCUT2D eigenvalue weighted by molar-refractivity contribution is -0.940. The molecule has 3 heterocycles. The lowest BCUT2D eigenvalue weighted by atomic mass is 9.83. The van der Waals surface area contributed by atoms with E-state index in [0.29, 0.717) is 29.6 Å². The van der Waals surface area contributed by atoms with Gasteiger partial charge in [0.05, 0.1) is 30.3 Å². The van der Waals surface area contributed by atoms with Crippen molar-refractivity contribution in [3.05, 3.63) is 35.4 Å². The average Bonchev–Trinajstić information content (AvgIpc) is 2.81. The van der Waals surface area contributed by atoms with Gasteiger partial charge in [0.25, 0.3) is 11.8 Å². The van der Waals surface area contributed by atoms with E-state index in [1.165, 1.54) is 43.7 Å². The van der Waals surface area contributed by atoms with Crippen LogP contribution < -0.4 is 4.90 Å². The standard InChI is InChI=1S/C18H22N2O2/c21-17-14-7-1-2-8-15(14)18(22)20(17)12-13-6-5-11-19-10-4-3-9-16(13)19/h1-2,7-8,13,16H,3-6,9-12H2/p+1/t13-,16-/m0/s1. The zero-order valence-corrected chi connectivity index (χ0v) is 12.9. The molecule has 0 aliphatic carbocycles. The number of imide groups is 1. The van der Waals surface area contributed by atoms with Crippen molar-refractivity contribution in [2.45, 2.75) is 38.1 Å². The van der Waals surface area contributed by atoms with Crippen molar-refractivity contribution in [3.8, 4) is 0 Å². The Hall–Kier alpha value is -1.68. The molecule has 116 valence electrons. The summed E-state index contributed by atoms with van der Waals surface area (Å²) in [6.45, 7) is 3.15. The summed E-state index contributed by atoms with van der Waals surface area (Å²) in [7, 11) is 0. The summed E-state index contributed by atoms with van der Waals surface area (Å²) < 4.78 is 0. The van der Waals surface area contributed by atoms with Crippen molar-refractivity contribution in [3.63, 3.8) is 0 Å². The Bertz CT molecular complexity index is 576. The molecule has 2 fully saturated rings. The number of fused-ring (bicyclic) bond motifs is 2. The highest BCUT2D eigenvalue weighted by Gasteiger charge is 2.42. The van der Waals surface area contributed by atoms with E-state index < -0.39 is 0 Å². The van der Waals surface area contributed by atoms with Gasteiger partial charge in [0.15, 0.2) is 0 Å². The maximum absolute atomic E-state index is 12.5. The van der Waals surface area contributed by atoms with E-state index >= 15 is 0 Å². The van der Waals surface area contributed by atoms with Gasteiger partial charge in [-0.05, 0) is 44.2 Å². The normalized spacial score (nSPS) is 31.1. The molecule has 4 heteroatoms. The third-order valence-corrected chi connectivity index (χ3v) is 5.72. The lowest BCUT2D eigenvalue weighted by Gasteiger charge is -2.42. The summed E-state index contributed by atoms with van der Waals surface area (Å²) in [5.74, 6) is 0.290. The van der Waals surface area contributed by atoms with E-state index in [1.807, 2.05) is 12.1 Å². The van der Waals surface area contributed by atoms with E-state index in [-0.39, 0.29) is 11.8 Å². The molecule has 0 bridgehead atoms. The van der Waals surface area contributed by atoms with Crippen molar-refractivity contribution >= 4 is 11.8 Å². The van der Waals surface area contributed by atoms with Gasteiger partial charge in [-0.1, -0.05) is 12.1 Å². The first kappa shape index (κ1) is 13.9. The molecular weight excluding hydrogens is 276 g/mol. The van der Waals surface area contributed by atoms with Gasteiger partial charge in [-0.15, -0.1) is 0 Å². The Labute approximate surface area is 131 Å². The molecule has 4 nitrogen and oxygen atoms in total. The first-order valence-corrected chi connectivity index (χ1v) is 8.55. The minimum atomic E-state index is -0.0940. The second kappa shape index (κ2) is 5.51. The predicted octanol–water partition coefficient (Wildman–Crippen LogP) is 1.13. The molecule has 0 saturated carbocycles. The van der Waals surface area contributed by atoms with Crippen LogP contribution in [-0.4, -0.2) is 42.4 Å². The quantitative estimate of drug-likeness (QED) is 0.832. The number of carbonyl (C=O) groups excluding carboxylic acids is 2. The van der Waals surface area contributed by atoms with Crippen LogP contribution in [0.3, 0.4) is 0 Å². The highest BCUT2D eigenvalue weighted by molar-refractivity contribution is 6.21. The molecule has 0 radical (unpaired) electrons. The Balaban J connectivity index is 1.54. The minimum absolute atomic E-state index is 0.0940. The van der Waals surface area contributed by atoms with Gasteiger partial charge >= 0.3 is 0 Å². The fourth-order valence-electron chi connectivity index (χ4n) is 4.64. The number of piperidine rings is 2. The Kier molecular flexibility index (Phi) is 3.49. The summed E-state index contributed by atoms with van der Waals surface area (Å²) in [6, 6.07) is 7.86. The average molecular weight is 299 g/mol. The first-order valence-electron chi connectivity index (χ1n) is 8.55. The van der Waals surface area contributed by atoms with Crippen LogP contribution in [0, 0.1) is 5.92 Å².